The minimum atomic E-state index is -0.449. The second kappa shape index (κ2) is 7.01. The summed E-state index contributed by atoms with van der Waals surface area (Å²) < 4.78 is 3.13. The number of aromatic nitrogens is 5. The number of nitro groups is 1. The number of fused-ring (bicyclic) bond motifs is 3. The number of non-ortho nitro benzene ring substituents is 1. The molecule has 3 aromatic heterocycles. The van der Waals surface area contributed by atoms with Crippen LogP contribution in [0.2, 0.25) is 0 Å². The maximum atomic E-state index is 13.2. The molecule has 0 amide bonds. The van der Waals surface area contributed by atoms with Crippen LogP contribution in [0, 0.1) is 17.0 Å². The first-order chi connectivity index (χ1) is 14.5. The van der Waals surface area contributed by atoms with E-state index in [2.05, 4.69) is 15.1 Å². The monoisotopic (exact) mass is 404 g/mol. The van der Waals surface area contributed by atoms with Gasteiger partial charge < -0.3 is 0 Å². The smallest absolute Gasteiger partial charge is 0.269 e. The maximum Gasteiger partial charge on any atom is 0.269 e. The Kier molecular flexibility index (Phi) is 4.30. The highest BCUT2D eigenvalue weighted by Crippen LogP contribution is 2.31. The Morgan fingerprint density at radius 2 is 1.97 bits per heavy atom. The van der Waals surface area contributed by atoms with Crippen LogP contribution in [0.4, 0.5) is 5.69 Å². The van der Waals surface area contributed by atoms with Gasteiger partial charge in [0.1, 0.15) is 0 Å². The van der Waals surface area contributed by atoms with E-state index in [9.17, 15) is 14.9 Å². The molecule has 0 N–H and O–H groups in total. The topological polar surface area (TPSA) is 108 Å². The Labute approximate surface area is 171 Å². The summed E-state index contributed by atoms with van der Waals surface area (Å²) in [5, 5.41) is 16.1. The Morgan fingerprint density at radius 3 is 2.70 bits per heavy atom. The van der Waals surface area contributed by atoms with Crippen molar-refractivity contribution in [1.29, 1.82) is 0 Å². The quantitative estimate of drug-likeness (QED) is 0.381. The van der Waals surface area contributed by atoms with Gasteiger partial charge >= 0.3 is 0 Å². The molecule has 1 aromatic carbocycles. The molecular formula is C21H20N6O3. The molecule has 9 nitrogen and oxygen atoms in total. The van der Waals surface area contributed by atoms with Crippen LogP contribution in [0.1, 0.15) is 49.4 Å². The normalized spacial score (nSPS) is 15.1. The lowest BCUT2D eigenvalue weighted by Gasteiger charge is -2.17. The number of aryl methyl sites for hydroxylation is 1. The number of nitrogens with zero attached hydrogens (tertiary/aromatic N) is 6. The van der Waals surface area contributed by atoms with Gasteiger partial charge in [-0.2, -0.15) is 9.50 Å². The first kappa shape index (κ1) is 18.4. The van der Waals surface area contributed by atoms with Gasteiger partial charge in [0.25, 0.3) is 17.0 Å². The van der Waals surface area contributed by atoms with Crippen LogP contribution in [-0.2, 0) is 0 Å². The molecule has 5 rings (SSSR count). The third kappa shape index (κ3) is 2.94. The van der Waals surface area contributed by atoms with Gasteiger partial charge in [-0.1, -0.05) is 19.3 Å². The first-order valence-electron chi connectivity index (χ1n) is 10.1. The van der Waals surface area contributed by atoms with Crippen LogP contribution in [-0.4, -0.2) is 29.1 Å². The first-order valence-corrected chi connectivity index (χ1v) is 10.1. The van der Waals surface area contributed by atoms with Crippen LogP contribution in [0.5, 0.6) is 0 Å². The standard InChI is InChI=1S/C21H20N6O3/c1-13-11-15(27(29)30)7-8-17(13)25-10-9-18-16(20(25)28)12-22-21-23-19(24-26(18)21)14-5-3-2-4-6-14/h7-12,14H,2-6H2,1H3. The Hall–Kier alpha value is -3.62. The van der Waals surface area contributed by atoms with Crippen molar-refractivity contribution in [2.75, 3.05) is 0 Å². The molecular weight excluding hydrogens is 384 g/mol. The number of hydrogen-bond acceptors (Lipinski definition) is 6. The van der Waals surface area contributed by atoms with Crippen molar-refractivity contribution in [1.82, 2.24) is 24.1 Å². The minimum absolute atomic E-state index is 0.00804. The molecule has 0 aliphatic heterocycles. The summed E-state index contributed by atoms with van der Waals surface area (Å²) in [5.41, 5.74) is 1.62. The van der Waals surface area contributed by atoms with Crippen LogP contribution in [0.15, 0.2) is 41.5 Å². The summed E-state index contributed by atoms with van der Waals surface area (Å²) in [6.07, 6.45) is 9.00. The molecule has 0 radical (unpaired) electrons. The molecule has 3 heterocycles. The molecule has 1 fully saturated rings. The summed E-state index contributed by atoms with van der Waals surface area (Å²) in [5.74, 6) is 1.63. The molecule has 1 saturated carbocycles. The van der Waals surface area contributed by atoms with E-state index < -0.39 is 4.92 Å². The molecule has 152 valence electrons. The van der Waals surface area contributed by atoms with Crippen LogP contribution in [0.25, 0.3) is 22.4 Å². The van der Waals surface area contributed by atoms with Gasteiger partial charge in [-0.25, -0.2) is 4.98 Å². The highest BCUT2D eigenvalue weighted by Gasteiger charge is 2.21. The summed E-state index contributed by atoms with van der Waals surface area (Å²) in [7, 11) is 0. The van der Waals surface area contributed by atoms with Crippen LogP contribution < -0.4 is 5.56 Å². The Morgan fingerprint density at radius 1 is 1.17 bits per heavy atom. The maximum absolute atomic E-state index is 13.2. The minimum Gasteiger partial charge on any atom is -0.283 e. The van der Waals surface area contributed by atoms with Gasteiger partial charge in [-0.3, -0.25) is 19.5 Å². The van der Waals surface area contributed by atoms with Crippen molar-refractivity contribution in [2.24, 2.45) is 0 Å². The highest BCUT2D eigenvalue weighted by atomic mass is 16.6. The lowest BCUT2D eigenvalue weighted by molar-refractivity contribution is -0.384. The van der Waals surface area contributed by atoms with E-state index in [0.29, 0.717) is 33.8 Å². The zero-order valence-corrected chi connectivity index (χ0v) is 16.5. The van der Waals surface area contributed by atoms with Crippen molar-refractivity contribution < 1.29 is 4.92 Å². The van der Waals surface area contributed by atoms with E-state index in [1.807, 2.05) is 6.07 Å². The lowest BCUT2D eigenvalue weighted by atomic mass is 9.89. The van der Waals surface area contributed by atoms with Gasteiger partial charge in [0, 0.05) is 30.4 Å². The van der Waals surface area contributed by atoms with Crippen LogP contribution >= 0.6 is 0 Å². The average Bonchev–Trinajstić information content (AvgIpc) is 3.20. The highest BCUT2D eigenvalue weighted by molar-refractivity contribution is 5.79. The number of benzene rings is 1. The predicted octanol–water partition coefficient (Wildman–Crippen LogP) is 3.69. The molecule has 0 spiro atoms. The van der Waals surface area contributed by atoms with Crippen molar-refractivity contribution in [3.05, 3.63) is 68.5 Å². The third-order valence-electron chi connectivity index (χ3n) is 5.87. The van der Waals surface area contributed by atoms with Gasteiger partial charge in [0.2, 0.25) is 0 Å². The molecule has 9 heteroatoms. The van der Waals surface area contributed by atoms with E-state index in [0.717, 1.165) is 18.7 Å². The van der Waals surface area contributed by atoms with Crippen LogP contribution in [0.3, 0.4) is 0 Å². The molecule has 0 unspecified atom stereocenters. The van der Waals surface area contributed by atoms with Gasteiger partial charge in [0.05, 0.1) is 21.5 Å². The van der Waals surface area contributed by atoms with Crippen molar-refractivity contribution in [3.63, 3.8) is 0 Å². The fraction of sp³-hybridized carbons (Fsp3) is 0.333. The van der Waals surface area contributed by atoms with Crippen molar-refractivity contribution in [3.8, 4) is 5.69 Å². The molecule has 1 aliphatic rings. The van der Waals surface area contributed by atoms with E-state index >= 15 is 0 Å². The SMILES string of the molecule is Cc1cc([N+](=O)[O-])ccc1-n1ccc2c(cnc3nc(C4CCCCC4)nn32)c1=O. The number of rotatable bonds is 3. The lowest BCUT2D eigenvalue weighted by Crippen LogP contribution is -2.19. The number of nitro benzene ring substituents is 1. The summed E-state index contributed by atoms with van der Waals surface area (Å²) >= 11 is 0. The molecule has 0 atom stereocenters. The Balaban J connectivity index is 1.63. The fourth-order valence-corrected chi connectivity index (χ4v) is 4.28. The van der Waals surface area contributed by atoms with E-state index in [4.69, 9.17) is 0 Å². The second-order valence-electron chi connectivity index (χ2n) is 7.79. The van der Waals surface area contributed by atoms with Gasteiger partial charge in [-0.15, -0.1) is 5.10 Å². The largest absolute Gasteiger partial charge is 0.283 e. The molecule has 4 aromatic rings. The summed E-state index contributed by atoms with van der Waals surface area (Å²) in [4.78, 5) is 32.7. The predicted molar refractivity (Wildman–Crippen MR) is 111 cm³/mol. The van der Waals surface area contributed by atoms with Gasteiger partial charge in [-0.05, 0) is 37.5 Å². The second-order valence-corrected chi connectivity index (χ2v) is 7.79. The summed E-state index contributed by atoms with van der Waals surface area (Å²) in [6.45, 7) is 1.74. The zero-order valence-electron chi connectivity index (χ0n) is 16.5. The molecule has 0 saturated heterocycles. The molecule has 30 heavy (non-hydrogen) atoms. The number of pyridine rings is 1. The molecule has 0 bridgehead atoms. The third-order valence-corrected chi connectivity index (χ3v) is 5.87. The Bertz CT molecular complexity index is 1350. The van der Waals surface area contributed by atoms with Gasteiger partial charge in [0.15, 0.2) is 5.82 Å². The molecule has 1 aliphatic carbocycles. The van der Waals surface area contributed by atoms with E-state index in [-0.39, 0.29) is 11.2 Å². The zero-order chi connectivity index (χ0) is 20.8. The van der Waals surface area contributed by atoms with Crippen molar-refractivity contribution in [2.45, 2.75) is 44.9 Å². The fourth-order valence-electron chi connectivity index (χ4n) is 4.28. The number of hydrogen-bond donors (Lipinski definition) is 0. The van der Waals surface area contributed by atoms with Crippen molar-refractivity contribution >= 4 is 22.4 Å². The van der Waals surface area contributed by atoms with E-state index in [1.165, 1.54) is 42.2 Å². The van der Waals surface area contributed by atoms with E-state index in [1.54, 1.807) is 23.7 Å². The average molecular weight is 404 g/mol. The summed E-state index contributed by atoms with van der Waals surface area (Å²) in [6, 6.07) is 6.25.